The molecule has 0 radical (unpaired) electrons. The van der Waals surface area contributed by atoms with Gasteiger partial charge in [-0.2, -0.15) is 4.21 Å². The summed E-state index contributed by atoms with van der Waals surface area (Å²) < 4.78 is 38.9. The number of ether oxygens (including phenoxy) is 3. The molecular formula is C27H29N3O7S. The molecule has 2 aliphatic heterocycles. The average molecular weight is 540 g/mol. The maximum absolute atomic E-state index is 12.4. The Hall–Kier alpha value is -3.54. The molecule has 3 heterocycles. The molecule has 2 aromatic carbocycles. The standard InChI is InChI=1S/C27H29N3O7S/c1-19-25(36-23-9-7-21(8-10-23)22-16-34-38(32)35-17-22)28-18-29-26(19)37-24-11-13-30(14-12-24)27(31)33-15-20-5-3-2-4-6-20/h2-10,18,22,24H,11-17H2,1H3/t22-,38-. The SMILES string of the molecule is Cc1c(Oc2ccc([C@H]3CO[S@](=O)OC3)cc2)ncnc1OC1CCN(C(=O)OCc2ccccc2)CC1. The highest BCUT2D eigenvalue weighted by Crippen LogP contribution is 2.30. The molecule has 0 unspecified atom stereocenters. The van der Waals surface area contributed by atoms with Gasteiger partial charge in [-0.3, -0.25) is 8.37 Å². The van der Waals surface area contributed by atoms with Crippen molar-refractivity contribution in [3.63, 3.8) is 0 Å². The van der Waals surface area contributed by atoms with Gasteiger partial charge in [0, 0.05) is 31.8 Å². The molecule has 200 valence electrons. The molecule has 0 saturated carbocycles. The molecule has 5 rings (SSSR count). The van der Waals surface area contributed by atoms with Crippen molar-refractivity contribution < 1.29 is 31.6 Å². The number of nitrogens with zero attached hydrogens (tertiary/aromatic N) is 3. The molecule has 0 N–H and O–H groups in total. The van der Waals surface area contributed by atoms with Crippen LogP contribution in [-0.4, -0.2) is 57.6 Å². The summed E-state index contributed by atoms with van der Waals surface area (Å²) >= 11 is -1.66. The first kappa shape index (κ1) is 26.1. The van der Waals surface area contributed by atoms with Gasteiger partial charge < -0.3 is 19.1 Å². The summed E-state index contributed by atoms with van der Waals surface area (Å²) in [5.41, 5.74) is 2.66. The predicted molar refractivity (Wildman–Crippen MR) is 138 cm³/mol. The third-order valence-corrected chi connectivity index (χ3v) is 7.13. The van der Waals surface area contributed by atoms with Crippen molar-refractivity contribution in [3.8, 4) is 17.5 Å². The zero-order chi connectivity index (χ0) is 26.3. The number of hydrogen-bond donors (Lipinski definition) is 0. The van der Waals surface area contributed by atoms with Gasteiger partial charge in [-0.1, -0.05) is 42.5 Å². The van der Waals surface area contributed by atoms with Crippen molar-refractivity contribution >= 4 is 17.5 Å². The van der Waals surface area contributed by atoms with Crippen molar-refractivity contribution in [1.82, 2.24) is 14.9 Å². The van der Waals surface area contributed by atoms with E-state index >= 15 is 0 Å². The monoisotopic (exact) mass is 539 g/mol. The van der Waals surface area contributed by atoms with E-state index in [0.717, 1.165) is 11.1 Å². The summed E-state index contributed by atoms with van der Waals surface area (Å²) in [7, 11) is 0. The molecule has 1 amide bonds. The Kier molecular flexibility index (Phi) is 8.47. The van der Waals surface area contributed by atoms with E-state index in [9.17, 15) is 9.00 Å². The summed E-state index contributed by atoms with van der Waals surface area (Å²) in [5, 5.41) is 0. The van der Waals surface area contributed by atoms with Crippen LogP contribution in [-0.2, 0) is 31.1 Å². The molecule has 1 aromatic heterocycles. The van der Waals surface area contributed by atoms with E-state index in [1.807, 2.05) is 61.5 Å². The zero-order valence-corrected chi connectivity index (χ0v) is 21.8. The van der Waals surface area contributed by atoms with Gasteiger partial charge in [0.2, 0.25) is 11.8 Å². The first-order valence-corrected chi connectivity index (χ1v) is 13.4. The Bertz CT molecular complexity index is 1240. The van der Waals surface area contributed by atoms with E-state index in [-0.39, 0.29) is 24.7 Å². The van der Waals surface area contributed by atoms with Crippen LogP contribution in [0.15, 0.2) is 60.9 Å². The molecule has 2 fully saturated rings. The van der Waals surface area contributed by atoms with Crippen LogP contribution < -0.4 is 9.47 Å². The van der Waals surface area contributed by atoms with Crippen LogP contribution in [0.4, 0.5) is 4.79 Å². The van der Waals surface area contributed by atoms with Crippen molar-refractivity contribution in [2.45, 2.75) is 38.4 Å². The highest BCUT2D eigenvalue weighted by Gasteiger charge is 2.26. The number of piperidine rings is 1. The van der Waals surface area contributed by atoms with Gasteiger partial charge in [0.1, 0.15) is 24.8 Å². The fraction of sp³-hybridized carbons (Fsp3) is 0.370. The lowest BCUT2D eigenvalue weighted by Gasteiger charge is -2.31. The van der Waals surface area contributed by atoms with Crippen molar-refractivity contribution in [1.29, 1.82) is 0 Å². The molecule has 10 nitrogen and oxygen atoms in total. The van der Waals surface area contributed by atoms with Crippen LogP contribution in [0.3, 0.4) is 0 Å². The number of hydrogen-bond acceptors (Lipinski definition) is 9. The number of benzene rings is 2. The van der Waals surface area contributed by atoms with Gasteiger partial charge in [0.05, 0.1) is 18.8 Å². The fourth-order valence-electron chi connectivity index (χ4n) is 4.23. The van der Waals surface area contributed by atoms with E-state index in [1.54, 1.807) is 4.90 Å². The summed E-state index contributed by atoms with van der Waals surface area (Å²) in [6.07, 6.45) is 2.36. The highest BCUT2D eigenvalue weighted by molar-refractivity contribution is 7.75. The van der Waals surface area contributed by atoms with Crippen LogP contribution >= 0.6 is 0 Å². The number of rotatable bonds is 7. The van der Waals surface area contributed by atoms with Crippen molar-refractivity contribution in [2.75, 3.05) is 26.3 Å². The fourth-order valence-corrected chi connectivity index (χ4v) is 4.85. The van der Waals surface area contributed by atoms with Crippen LogP contribution in [0.2, 0.25) is 0 Å². The Labute approximate surface area is 223 Å². The minimum Gasteiger partial charge on any atom is -0.474 e. The molecule has 0 bridgehead atoms. The third kappa shape index (κ3) is 6.66. The van der Waals surface area contributed by atoms with E-state index in [1.165, 1.54) is 6.33 Å². The van der Waals surface area contributed by atoms with E-state index in [0.29, 0.717) is 62.2 Å². The normalized spacial score (nSPS) is 20.1. The Morgan fingerprint density at radius 3 is 2.39 bits per heavy atom. The smallest absolute Gasteiger partial charge is 0.410 e. The Balaban J connectivity index is 1.12. The van der Waals surface area contributed by atoms with Gasteiger partial charge >= 0.3 is 17.5 Å². The first-order valence-electron chi connectivity index (χ1n) is 12.4. The molecule has 3 aromatic rings. The van der Waals surface area contributed by atoms with E-state index in [4.69, 9.17) is 22.6 Å². The minimum atomic E-state index is -1.66. The zero-order valence-electron chi connectivity index (χ0n) is 21.0. The maximum Gasteiger partial charge on any atom is 0.410 e. The maximum atomic E-state index is 12.4. The summed E-state index contributed by atoms with van der Waals surface area (Å²) in [6.45, 7) is 3.88. The Morgan fingerprint density at radius 1 is 1.00 bits per heavy atom. The molecule has 11 heteroatoms. The number of carbonyl (C=O) groups is 1. The molecular weight excluding hydrogens is 510 g/mol. The second-order valence-electron chi connectivity index (χ2n) is 9.09. The van der Waals surface area contributed by atoms with Gasteiger partial charge in [0.15, 0.2) is 0 Å². The number of amides is 1. The van der Waals surface area contributed by atoms with Gasteiger partial charge in [-0.25, -0.2) is 14.8 Å². The highest BCUT2D eigenvalue weighted by atomic mass is 32.2. The Morgan fingerprint density at radius 2 is 1.68 bits per heavy atom. The minimum absolute atomic E-state index is 0.0136. The summed E-state index contributed by atoms with van der Waals surface area (Å²) in [4.78, 5) is 22.7. The lowest BCUT2D eigenvalue weighted by atomic mass is 10.0. The largest absolute Gasteiger partial charge is 0.474 e. The lowest BCUT2D eigenvalue weighted by molar-refractivity contribution is 0.0621. The van der Waals surface area contributed by atoms with Crippen LogP contribution in [0.5, 0.6) is 17.5 Å². The van der Waals surface area contributed by atoms with Crippen LogP contribution in [0.25, 0.3) is 0 Å². The first-order chi connectivity index (χ1) is 18.5. The van der Waals surface area contributed by atoms with Gasteiger partial charge in [-0.15, -0.1) is 0 Å². The van der Waals surface area contributed by atoms with Crippen LogP contribution in [0.1, 0.15) is 35.4 Å². The topological polar surface area (TPSA) is 109 Å². The molecule has 2 saturated heterocycles. The second-order valence-corrected chi connectivity index (χ2v) is 9.97. The molecule has 2 aliphatic rings. The van der Waals surface area contributed by atoms with E-state index < -0.39 is 11.4 Å². The second kappa shape index (κ2) is 12.3. The molecule has 38 heavy (non-hydrogen) atoms. The molecule has 0 spiro atoms. The van der Waals surface area contributed by atoms with Gasteiger partial charge in [0.25, 0.3) is 0 Å². The molecule has 0 aliphatic carbocycles. The number of aromatic nitrogens is 2. The average Bonchev–Trinajstić information content (AvgIpc) is 2.96. The predicted octanol–water partition coefficient (Wildman–Crippen LogP) is 4.47. The quantitative estimate of drug-likeness (QED) is 0.430. The van der Waals surface area contributed by atoms with Crippen LogP contribution in [0, 0.1) is 6.92 Å². The third-order valence-electron chi connectivity index (χ3n) is 6.47. The lowest BCUT2D eigenvalue weighted by Crippen LogP contribution is -2.42. The number of carbonyl (C=O) groups excluding carboxylic acids is 1. The molecule has 0 atom stereocenters. The summed E-state index contributed by atoms with van der Waals surface area (Å²) in [6, 6.07) is 17.2. The van der Waals surface area contributed by atoms with Gasteiger partial charge in [-0.05, 0) is 30.2 Å². The van der Waals surface area contributed by atoms with E-state index in [2.05, 4.69) is 9.97 Å². The summed E-state index contributed by atoms with van der Waals surface area (Å²) in [5.74, 6) is 1.50. The van der Waals surface area contributed by atoms with Crippen molar-refractivity contribution in [3.05, 3.63) is 77.6 Å². The van der Waals surface area contributed by atoms with Crippen molar-refractivity contribution in [2.24, 2.45) is 0 Å². The number of likely N-dealkylation sites (tertiary alicyclic amines) is 1.